The third kappa shape index (κ3) is 4.04. The minimum Gasteiger partial charge on any atom is -0.495 e. The predicted molar refractivity (Wildman–Crippen MR) is 120 cm³/mol. The van der Waals surface area contributed by atoms with Gasteiger partial charge in [-0.15, -0.1) is 0 Å². The van der Waals surface area contributed by atoms with Crippen LogP contribution in [0.1, 0.15) is 10.4 Å². The zero-order valence-electron chi connectivity index (χ0n) is 16.3. The molecule has 31 heavy (non-hydrogen) atoms. The molecular weight excluding hydrogens is 418 g/mol. The number of nitro benzene ring substituents is 1. The van der Waals surface area contributed by atoms with Gasteiger partial charge in [-0.25, -0.2) is 4.98 Å². The van der Waals surface area contributed by atoms with Crippen LogP contribution in [0.2, 0.25) is 5.02 Å². The first kappa shape index (κ1) is 20.3. The fourth-order valence-corrected chi connectivity index (χ4v) is 3.50. The van der Waals surface area contributed by atoms with Gasteiger partial charge in [0.15, 0.2) is 0 Å². The van der Waals surface area contributed by atoms with E-state index in [4.69, 9.17) is 16.3 Å². The average molecular weight is 434 g/mol. The van der Waals surface area contributed by atoms with Crippen LogP contribution in [0.4, 0.5) is 11.4 Å². The smallest absolute Gasteiger partial charge is 0.271 e. The Morgan fingerprint density at radius 2 is 1.81 bits per heavy atom. The Kier molecular flexibility index (Phi) is 5.51. The number of para-hydroxylation sites is 1. The number of ether oxygens (including phenoxy) is 1. The molecule has 1 N–H and O–H groups in total. The summed E-state index contributed by atoms with van der Waals surface area (Å²) in [6, 6.07) is 20.1. The molecule has 154 valence electrons. The highest BCUT2D eigenvalue weighted by molar-refractivity contribution is 6.33. The number of nitrogens with one attached hydrogen (secondary N) is 1. The molecule has 0 aliphatic carbocycles. The minimum absolute atomic E-state index is 0.160. The lowest BCUT2D eigenvalue weighted by Gasteiger charge is -2.13. The Labute approximate surface area is 182 Å². The van der Waals surface area contributed by atoms with Crippen LogP contribution in [0, 0.1) is 10.1 Å². The number of nitrogens with zero attached hydrogens (tertiary/aromatic N) is 2. The summed E-state index contributed by atoms with van der Waals surface area (Å²) >= 11 is 6.34. The molecule has 0 bridgehead atoms. The molecule has 0 radical (unpaired) electrons. The number of fused-ring (bicyclic) bond motifs is 1. The standard InChI is InChI=1S/C23H16ClN3O4/c1-31-22-11-10-14(27(29)30)12-21(22)26-23(28)17-13-20(16-7-2-4-8-18(16)24)25-19-9-5-3-6-15(17)19/h2-13H,1H3,(H,26,28). The van der Waals surface area contributed by atoms with E-state index in [-0.39, 0.29) is 11.4 Å². The number of amides is 1. The molecule has 0 spiro atoms. The number of anilines is 1. The highest BCUT2D eigenvalue weighted by Gasteiger charge is 2.18. The second-order valence-electron chi connectivity index (χ2n) is 6.65. The molecule has 7 nitrogen and oxygen atoms in total. The van der Waals surface area contributed by atoms with Crippen LogP contribution in [0.25, 0.3) is 22.2 Å². The number of pyridine rings is 1. The second kappa shape index (κ2) is 8.41. The maximum Gasteiger partial charge on any atom is 0.271 e. The third-order valence-corrected chi connectivity index (χ3v) is 5.08. The van der Waals surface area contributed by atoms with E-state index >= 15 is 0 Å². The van der Waals surface area contributed by atoms with Crippen LogP contribution in [0.5, 0.6) is 5.75 Å². The van der Waals surface area contributed by atoms with E-state index in [9.17, 15) is 14.9 Å². The molecule has 0 aliphatic heterocycles. The van der Waals surface area contributed by atoms with Gasteiger partial charge in [0, 0.05) is 28.1 Å². The number of nitro groups is 1. The molecule has 1 aromatic heterocycles. The third-order valence-electron chi connectivity index (χ3n) is 4.75. The minimum atomic E-state index is -0.535. The first-order valence-corrected chi connectivity index (χ1v) is 9.64. The van der Waals surface area contributed by atoms with Crippen molar-refractivity contribution in [2.24, 2.45) is 0 Å². The second-order valence-corrected chi connectivity index (χ2v) is 7.06. The number of halogens is 1. The highest BCUT2D eigenvalue weighted by atomic mass is 35.5. The maximum absolute atomic E-state index is 13.2. The van der Waals surface area contributed by atoms with Crippen molar-refractivity contribution in [2.75, 3.05) is 12.4 Å². The summed E-state index contributed by atoms with van der Waals surface area (Å²) in [7, 11) is 1.42. The molecule has 1 heterocycles. The highest BCUT2D eigenvalue weighted by Crippen LogP contribution is 2.32. The summed E-state index contributed by atoms with van der Waals surface area (Å²) in [6.45, 7) is 0. The summed E-state index contributed by atoms with van der Waals surface area (Å²) in [5, 5.41) is 15.0. The molecule has 0 aliphatic rings. The van der Waals surface area contributed by atoms with E-state index in [1.54, 1.807) is 24.3 Å². The number of methoxy groups -OCH3 is 1. The van der Waals surface area contributed by atoms with Gasteiger partial charge in [-0.05, 0) is 24.3 Å². The van der Waals surface area contributed by atoms with Crippen molar-refractivity contribution in [1.29, 1.82) is 0 Å². The molecule has 0 atom stereocenters. The number of aromatic nitrogens is 1. The summed E-state index contributed by atoms with van der Waals surface area (Å²) in [5.41, 5.74) is 2.25. The van der Waals surface area contributed by atoms with Gasteiger partial charge < -0.3 is 10.1 Å². The average Bonchev–Trinajstić information content (AvgIpc) is 2.78. The lowest BCUT2D eigenvalue weighted by atomic mass is 10.0. The molecular formula is C23H16ClN3O4. The number of benzene rings is 3. The first-order chi connectivity index (χ1) is 15.0. The molecule has 0 saturated heterocycles. The number of non-ortho nitro benzene ring substituents is 1. The maximum atomic E-state index is 13.2. The number of rotatable bonds is 5. The Balaban J connectivity index is 1.82. The van der Waals surface area contributed by atoms with Crippen LogP contribution in [-0.2, 0) is 0 Å². The summed E-state index contributed by atoms with van der Waals surface area (Å²) < 4.78 is 5.25. The van der Waals surface area contributed by atoms with Gasteiger partial charge in [-0.2, -0.15) is 0 Å². The zero-order valence-corrected chi connectivity index (χ0v) is 17.1. The van der Waals surface area contributed by atoms with Crippen LogP contribution >= 0.6 is 11.6 Å². The van der Waals surface area contributed by atoms with Crippen LogP contribution < -0.4 is 10.1 Å². The van der Waals surface area contributed by atoms with E-state index < -0.39 is 10.8 Å². The lowest BCUT2D eigenvalue weighted by molar-refractivity contribution is -0.384. The monoisotopic (exact) mass is 433 g/mol. The van der Waals surface area contributed by atoms with Crippen molar-refractivity contribution < 1.29 is 14.5 Å². The molecule has 1 amide bonds. The Bertz CT molecular complexity index is 1320. The van der Waals surface area contributed by atoms with Gasteiger partial charge in [0.2, 0.25) is 0 Å². The lowest BCUT2D eigenvalue weighted by Crippen LogP contribution is -2.14. The summed E-state index contributed by atoms with van der Waals surface area (Å²) in [6.07, 6.45) is 0. The number of carbonyl (C=O) groups is 1. The van der Waals surface area contributed by atoms with Crippen LogP contribution in [0.3, 0.4) is 0 Å². The molecule has 4 aromatic rings. The van der Waals surface area contributed by atoms with Crippen molar-refractivity contribution in [3.63, 3.8) is 0 Å². The van der Waals surface area contributed by atoms with Gasteiger partial charge in [0.1, 0.15) is 5.75 Å². The summed E-state index contributed by atoms with van der Waals surface area (Å²) in [4.78, 5) is 28.5. The predicted octanol–water partition coefficient (Wildman–Crippen LogP) is 5.72. The van der Waals surface area contributed by atoms with Gasteiger partial charge in [-0.1, -0.05) is 48.0 Å². The Hall–Kier alpha value is -3.97. The fourth-order valence-electron chi connectivity index (χ4n) is 3.27. The molecule has 3 aromatic carbocycles. The Morgan fingerprint density at radius 3 is 2.55 bits per heavy atom. The topological polar surface area (TPSA) is 94.4 Å². The summed E-state index contributed by atoms with van der Waals surface area (Å²) in [5.74, 6) is -0.144. The van der Waals surface area contributed by atoms with Crippen molar-refractivity contribution in [2.45, 2.75) is 0 Å². The number of carbonyl (C=O) groups excluding carboxylic acids is 1. The Morgan fingerprint density at radius 1 is 1.06 bits per heavy atom. The number of hydrogen-bond donors (Lipinski definition) is 1. The van der Waals surface area contributed by atoms with Gasteiger partial charge in [-0.3, -0.25) is 14.9 Å². The van der Waals surface area contributed by atoms with Gasteiger partial charge in [0.05, 0.1) is 34.5 Å². The van der Waals surface area contributed by atoms with Gasteiger partial charge >= 0.3 is 0 Å². The van der Waals surface area contributed by atoms with Crippen molar-refractivity contribution in [1.82, 2.24) is 4.98 Å². The molecule has 0 fully saturated rings. The van der Waals surface area contributed by atoms with Crippen LogP contribution in [0.15, 0.2) is 72.8 Å². The normalized spacial score (nSPS) is 10.6. The SMILES string of the molecule is COc1ccc([N+](=O)[O-])cc1NC(=O)c1cc(-c2ccccc2Cl)nc2ccccc12. The van der Waals surface area contributed by atoms with E-state index in [0.717, 1.165) is 0 Å². The fraction of sp³-hybridized carbons (Fsp3) is 0.0435. The van der Waals surface area contributed by atoms with Crippen molar-refractivity contribution in [3.05, 3.63) is 93.5 Å². The number of hydrogen-bond acceptors (Lipinski definition) is 5. The molecule has 0 unspecified atom stereocenters. The molecule has 0 saturated carbocycles. The van der Waals surface area contributed by atoms with Gasteiger partial charge in [0.25, 0.3) is 11.6 Å². The largest absolute Gasteiger partial charge is 0.495 e. The molecule has 4 rings (SSSR count). The van der Waals surface area contributed by atoms with E-state index in [0.29, 0.717) is 38.5 Å². The van der Waals surface area contributed by atoms with Crippen molar-refractivity contribution >= 4 is 39.8 Å². The van der Waals surface area contributed by atoms with Crippen LogP contribution in [-0.4, -0.2) is 22.9 Å². The van der Waals surface area contributed by atoms with E-state index in [1.165, 1.54) is 25.3 Å². The van der Waals surface area contributed by atoms with Crippen molar-refractivity contribution in [3.8, 4) is 17.0 Å². The quantitative estimate of drug-likeness (QED) is 0.320. The molecule has 8 heteroatoms. The van der Waals surface area contributed by atoms with E-state index in [1.807, 2.05) is 30.3 Å². The zero-order chi connectivity index (χ0) is 22.0. The van der Waals surface area contributed by atoms with E-state index in [2.05, 4.69) is 10.3 Å². The first-order valence-electron chi connectivity index (χ1n) is 9.26.